The number of para-hydroxylation sites is 1. The molecule has 2 N–H and O–H groups in total. The molecular weight excluding hydrogens is 380 g/mol. The first-order chi connectivity index (χ1) is 13.0. The largest absolute Gasteiger partial charge is 0.477 e. The predicted octanol–water partition coefficient (Wildman–Crippen LogP) is 5.96. The summed E-state index contributed by atoms with van der Waals surface area (Å²) in [5, 5.41) is 15.4. The fraction of sp³-hybridized carbons (Fsp3) is 0.0952. The number of nitrogens with one attached hydrogen (secondary N) is 1. The first kappa shape index (κ1) is 17.6. The fourth-order valence-corrected chi connectivity index (χ4v) is 4.14. The van der Waals surface area contributed by atoms with Gasteiger partial charge in [-0.3, -0.25) is 0 Å². The van der Waals surface area contributed by atoms with Gasteiger partial charge in [-0.05, 0) is 48.4 Å². The van der Waals surface area contributed by atoms with Crippen LogP contribution in [-0.4, -0.2) is 15.6 Å². The summed E-state index contributed by atoms with van der Waals surface area (Å²) in [5.74, 6) is -0.902. The van der Waals surface area contributed by atoms with Gasteiger partial charge in [0, 0.05) is 28.8 Å². The molecule has 6 heteroatoms. The van der Waals surface area contributed by atoms with Crippen molar-refractivity contribution in [2.24, 2.45) is 0 Å². The zero-order chi connectivity index (χ0) is 19.0. The van der Waals surface area contributed by atoms with Crippen molar-refractivity contribution < 1.29 is 9.90 Å². The minimum atomic E-state index is -0.902. The van der Waals surface area contributed by atoms with E-state index >= 15 is 0 Å². The summed E-state index contributed by atoms with van der Waals surface area (Å²) >= 11 is 7.48. The lowest BCUT2D eigenvalue weighted by molar-refractivity contribution is 0.0702. The monoisotopic (exact) mass is 396 g/mol. The van der Waals surface area contributed by atoms with Gasteiger partial charge < -0.3 is 15.0 Å². The van der Waals surface area contributed by atoms with E-state index in [-0.39, 0.29) is 0 Å². The number of thiophene rings is 1. The van der Waals surface area contributed by atoms with Crippen LogP contribution >= 0.6 is 22.9 Å². The van der Waals surface area contributed by atoms with Crippen LogP contribution in [0, 0.1) is 6.92 Å². The molecule has 2 aromatic heterocycles. The number of hydrogen-bond acceptors (Lipinski definition) is 3. The predicted molar refractivity (Wildman–Crippen MR) is 112 cm³/mol. The van der Waals surface area contributed by atoms with Crippen molar-refractivity contribution in [2.75, 3.05) is 5.32 Å². The van der Waals surface area contributed by atoms with Crippen molar-refractivity contribution in [3.8, 4) is 5.00 Å². The molecule has 0 aliphatic carbocycles. The van der Waals surface area contributed by atoms with Gasteiger partial charge in [-0.15, -0.1) is 11.3 Å². The van der Waals surface area contributed by atoms with Gasteiger partial charge in [-0.2, -0.15) is 0 Å². The number of benzene rings is 2. The molecule has 0 unspecified atom stereocenters. The second-order valence-corrected chi connectivity index (χ2v) is 7.72. The van der Waals surface area contributed by atoms with Gasteiger partial charge in [0.1, 0.15) is 9.88 Å². The second-order valence-electron chi connectivity index (χ2n) is 6.25. The molecule has 2 aromatic carbocycles. The van der Waals surface area contributed by atoms with Gasteiger partial charge in [-0.1, -0.05) is 35.9 Å². The number of halogens is 1. The molecule has 0 fully saturated rings. The van der Waals surface area contributed by atoms with Crippen molar-refractivity contribution in [3.63, 3.8) is 0 Å². The Labute approximate surface area is 165 Å². The summed E-state index contributed by atoms with van der Waals surface area (Å²) in [6.45, 7) is 2.64. The Morgan fingerprint density at radius 3 is 2.74 bits per heavy atom. The number of carboxylic acid groups (broad SMARTS) is 1. The molecule has 0 spiro atoms. The van der Waals surface area contributed by atoms with Crippen LogP contribution in [0.25, 0.3) is 15.9 Å². The molecule has 0 saturated heterocycles. The van der Waals surface area contributed by atoms with Crippen LogP contribution in [0.4, 0.5) is 5.69 Å². The first-order valence-corrected chi connectivity index (χ1v) is 9.65. The Kier molecular flexibility index (Phi) is 4.64. The summed E-state index contributed by atoms with van der Waals surface area (Å²) in [6, 6.07) is 17.4. The van der Waals surface area contributed by atoms with E-state index in [4.69, 9.17) is 11.6 Å². The topological polar surface area (TPSA) is 54.3 Å². The average Bonchev–Trinajstić information content (AvgIpc) is 3.28. The fourth-order valence-electron chi connectivity index (χ4n) is 3.13. The number of hydrogen-bond donors (Lipinski definition) is 2. The van der Waals surface area contributed by atoms with E-state index < -0.39 is 5.97 Å². The molecule has 0 aliphatic heterocycles. The highest BCUT2D eigenvalue weighted by Gasteiger charge is 2.13. The number of anilines is 1. The number of carboxylic acids is 1. The second kappa shape index (κ2) is 7.10. The molecule has 2 heterocycles. The highest BCUT2D eigenvalue weighted by atomic mass is 35.5. The molecule has 4 rings (SSSR count). The Hall–Kier alpha value is -2.76. The van der Waals surface area contributed by atoms with Crippen LogP contribution in [0.15, 0.2) is 60.8 Å². The highest BCUT2D eigenvalue weighted by molar-refractivity contribution is 7.16. The molecule has 4 aromatic rings. The number of rotatable bonds is 5. The first-order valence-electron chi connectivity index (χ1n) is 8.46. The average molecular weight is 397 g/mol. The van der Waals surface area contributed by atoms with Crippen molar-refractivity contribution in [3.05, 3.63) is 81.8 Å². The zero-order valence-corrected chi connectivity index (χ0v) is 16.1. The molecule has 0 atom stereocenters. The number of carbonyl (C=O) groups is 1. The summed E-state index contributed by atoms with van der Waals surface area (Å²) < 4.78 is 2.05. The molecule has 0 amide bonds. The SMILES string of the molecule is Cc1c(Cl)cccc1NCc1cn(-c2ccc(C(=O)O)s2)c2ccccc12. The van der Waals surface area contributed by atoms with Gasteiger partial charge in [0.25, 0.3) is 0 Å². The minimum absolute atomic E-state index is 0.331. The molecule has 136 valence electrons. The van der Waals surface area contributed by atoms with Crippen LogP contribution < -0.4 is 5.32 Å². The summed E-state index contributed by atoms with van der Waals surface area (Å²) in [4.78, 5) is 11.5. The lowest BCUT2D eigenvalue weighted by Gasteiger charge is -2.10. The third kappa shape index (κ3) is 3.31. The van der Waals surface area contributed by atoms with Gasteiger partial charge in [0.15, 0.2) is 0 Å². The number of nitrogens with zero attached hydrogens (tertiary/aromatic N) is 1. The molecule has 0 aliphatic rings. The van der Waals surface area contributed by atoms with Crippen LogP contribution in [0.3, 0.4) is 0 Å². The maximum atomic E-state index is 11.2. The molecule has 0 saturated carbocycles. The van der Waals surface area contributed by atoms with Crippen LogP contribution in [0.5, 0.6) is 0 Å². The minimum Gasteiger partial charge on any atom is -0.477 e. The number of fused-ring (bicyclic) bond motifs is 1. The third-order valence-corrected chi connectivity index (χ3v) is 6.05. The zero-order valence-electron chi connectivity index (χ0n) is 14.6. The van der Waals surface area contributed by atoms with E-state index in [1.807, 2.05) is 54.0 Å². The van der Waals surface area contributed by atoms with Gasteiger partial charge >= 0.3 is 5.97 Å². The van der Waals surface area contributed by atoms with E-state index in [9.17, 15) is 9.90 Å². The molecular formula is C21H17ClN2O2S. The standard InChI is InChI=1S/C21H17ClN2O2S/c1-13-16(22)6-4-7-17(13)23-11-14-12-24(18-8-3-2-5-15(14)18)20-10-9-19(27-20)21(25)26/h2-10,12,23H,11H2,1H3,(H,25,26). The quantitative estimate of drug-likeness (QED) is 0.437. The molecule has 27 heavy (non-hydrogen) atoms. The maximum absolute atomic E-state index is 11.2. The third-order valence-electron chi connectivity index (χ3n) is 4.57. The normalized spacial score (nSPS) is 11.0. The number of aromatic carboxylic acids is 1. The van der Waals surface area contributed by atoms with Crippen LogP contribution in [-0.2, 0) is 6.54 Å². The molecule has 4 nitrogen and oxygen atoms in total. The lowest BCUT2D eigenvalue weighted by Crippen LogP contribution is -2.00. The molecule has 0 bridgehead atoms. The van der Waals surface area contributed by atoms with Gasteiger partial charge in [0.2, 0.25) is 0 Å². The van der Waals surface area contributed by atoms with Gasteiger partial charge in [0.05, 0.1) is 5.52 Å². The maximum Gasteiger partial charge on any atom is 0.345 e. The van der Waals surface area contributed by atoms with Crippen molar-refractivity contribution in [1.82, 2.24) is 4.57 Å². The Morgan fingerprint density at radius 2 is 1.96 bits per heavy atom. The highest BCUT2D eigenvalue weighted by Crippen LogP contribution is 2.30. The lowest BCUT2D eigenvalue weighted by atomic mass is 10.1. The van der Waals surface area contributed by atoms with E-state index in [1.165, 1.54) is 11.3 Å². The van der Waals surface area contributed by atoms with Crippen molar-refractivity contribution in [1.29, 1.82) is 0 Å². The Morgan fingerprint density at radius 1 is 1.15 bits per heavy atom. The summed E-state index contributed by atoms with van der Waals surface area (Å²) in [5.41, 5.74) is 4.21. The molecule has 0 radical (unpaired) electrons. The van der Waals surface area contributed by atoms with Gasteiger partial charge in [-0.25, -0.2) is 4.79 Å². The van der Waals surface area contributed by atoms with E-state index in [0.717, 1.165) is 37.7 Å². The van der Waals surface area contributed by atoms with Crippen molar-refractivity contribution >= 4 is 45.5 Å². The Bertz CT molecular complexity index is 1150. The summed E-state index contributed by atoms with van der Waals surface area (Å²) in [7, 11) is 0. The van der Waals surface area contributed by atoms with Crippen LogP contribution in [0.1, 0.15) is 20.8 Å². The smallest absolute Gasteiger partial charge is 0.345 e. The van der Waals surface area contributed by atoms with E-state index in [0.29, 0.717) is 11.4 Å². The summed E-state index contributed by atoms with van der Waals surface area (Å²) in [6.07, 6.45) is 2.06. The Balaban J connectivity index is 1.71. The van der Waals surface area contributed by atoms with E-state index in [1.54, 1.807) is 6.07 Å². The van der Waals surface area contributed by atoms with Crippen LogP contribution in [0.2, 0.25) is 5.02 Å². The van der Waals surface area contributed by atoms with E-state index in [2.05, 4.69) is 17.6 Å². The number of aromatic nitrogens is 1. The van der Waals surface area contributed by atoms with Crippen molar-refractivity contribution in [2.45, 2.75) is 13.5 Å².